The molecule has 3 heterocycles. The molecule has 0 aromatic carbocycles. The Morgan fingerprint density at radius 1 is 1.21 bits per heavy atom. The van der Waals surface area contributed by atoms with Gasteiger partial charge >= 0.3 is 11.9 Å². The van der Waals surface area contributed by atoms with E-state index in [0.717, 1.165) is 15.2 Å². The van der Waals surface area contributed by atoms with Crippen molar-refractivity contribution in [2.24, 2.45) is 7.05 Å². The lowest BCUT2D eigenvalue weighted by molar-refractivity contribution is -0.141. The van der Waals surface area contributed by atoms with Crippen molar-refractivity contribution >= 4 is 11.0 Å². The third kappa shape index (κ3) is 2.57. The monoisotopic (exact) mass is 341 g/mol. The van der Waals surface area contributed by atoms with Crippen LogP contribution < -0.4 is 11.2 Å². The van der Waals surface area contributed by atoms with Gasteiger partial charge in [0.2, 0.25) is 5.89 Å². The van der Waals surface area contributed by atoms with Crippen molar-refractivity contribution in [2.75, 3.05) is 0 Å². The summed E-state index contributed by atoms with van der Waals surface area (Å²) in [6.45, 7) is 1.28. The summed E-state index contributed by atoms with van der Waals surface area (Å²) in [5.74, 6) is 0.359. The summed E-state index contributed by atoms with van der Waals surface area (Å²) in [6, 6.07) is 1.68. The van der Waals surface area contributed by atoms with Crippen LogP contribution in [0.25, 0.3) is 11.0 Å². The van der Waals surface area contributed by atoms with E-state index in [2.05, 4.69) is 15.1 Å². The van der Waals surface area contributed by atoms with Gasteiger partial charge in [-0.2, -0.15) is 18.2 Å². The zero-order valence-corrected chi connectivity index (χ0v) is 12.5. The van der Waals surface area contributed by atoms with Crippen molar-refractivity contribution < 1.29 is 17.7 Å². The van der Waals surface area contributed by atoms with E-state index in [9.17, 15) is 22.8 Å². The maximum atomic E-state index is 12.8. The number of hydrogen-bond donors (Lipinski definition) is 0. The molecular formula is C13H10F3N5O3. The van der Waals surface area contributed by atoms with Gasteiger partial charge in [0.05, 0.1) is 5.39 Å². The molecule has 3 aromatic rings. The third-order valence-corrected chi connectivity index (χ3v) is 3.34. The van der Waals surface area contributed by atoms with E-state index in [1.807, 2.05) is 0 Å². The fourth-order valence-corrected chi connectivity index (χ4v) is 2.21. The average molecular weight is 341 g/mol. The van der Waals surface area contributed by atoms with Crippen LogP contribution in [0.1, 0.15) is 17.4 Å². The molecule has 0 unspecified atom stereocenters. The fraction of sp³-hybridized carbons (Fsp3) is 0.308. The first-order valence-corrected chi connectivity index (χ1v) is 6.65. The van der Waals surface area contributed by atoms with E-state index >= 15 is 0 Å². The van der Waals surface area contributed by atoms with Crippen LogP contribution >= 0.6 is 0 Å². The van der Waals surface area contributed by atoms with Gasteiger partial charge in [-0.3, -0.25) is 13.9 Å². The van der Waals surface area contributed by atoms with Gasteiger partial charge in [-0.05, 0) is 19.1 Å². The van der Waals surface area contributed by atoms with Crippen LogP contribution in [0.2, 0.25) is 0 Å². The van der Waals surface area contributed by atoms with Gasteiger partial charge in [0.1, 0.15) is 17.9 Å². The number of rotatable bonds is 2. The van der Waals surface area contributed by atoms with Crippen LogP contribution in [-0.4, -0.2) is 24.3 Å². The lowest BCUT2D eigenvalue weighted by atomic mass is 10.2. The smallest absolute Gasteiger partial charge is 0.337 e. The highest BCUT2D eigenvalue weighted by Crippen LogP contribution is 2.28. The van der Waals surface area contributed by atoms with Gasteiger partial charge in [0, 0.05) is 7.05 Å². The lowest BCUT2D eigenvalue weighted by Gasteiger charge is -2.11. The molecule has 0 spiro atoms. The lowest BCUT2D eigenvalue weighted by Crippen LogP contribution is -2.39. The Bertz CT molecular complexity index is 1050. The van der Waals surface area contributed by atoms with Gasteiger partial charge in [0.25, 0.3) is 5.56 Å². The van der Waals surface area contributed by atoms with Gasteiger partial charge in [-0.1, -0.05) is 5.16 Å². The third-order valence-electron chi connectivity index (χ3n) is 3.34. The van der Waals surface area contributed by atoms with Crippen molar-refractivity contribution in [2.45, 2.75) is 19.6 Å². The van der Waals surface area contributed by atoms with E-state index in [0.29, 0.717) is 11.9 Å². The molecule has 0 bridgehead atoms. The van der Waals surface area contributed by atoms with Crippen molar-refractivity contribution in [3.8, 4) is 0 Å². The largest absolute Gasteiger partial charge is 0.433 e. The average Bonchev–Trinajstić information content (AvgIpc) is 2.93. The van der Waals surface area contributed by atoms with E-state index in [-0.39, 0.29) is 23.5 Å². The molecule has 126 valence electrons. The predicted octanol–water partition coefficient (Wildman–Crippen LogP) is 0.854. The molecule has 0 saturated carbocycles. The highest BCUT2D eigenvalue weighted by atomic mass is 19.4. The van der Waals surface area contributed by atoms with Crippen LogP contribution in [0.3, 0.4) is 0 Å². The number of hydrogen-bond acceptors (Lipinski definition) is 6. The van der Waals surface area contributed by atoms with E-state index < -0.39 is 23.1 Å². The molecule has 0 aliphatic rings. The van der Waals surface area contributed by atoms with Crippen LogP contribution in [-0.2, 0) is 19.8 Å². The quantitative estimate of drug-likeness (QED) is 0.686. The normalized spacial score (nSPS) is 12.0. The SMILES string of the molecule is Cc1noc(Cn2c(=O)c3ccc(C(F)(F)F)nc3n(C)c2=O)n1. The van der Waals surface area contributed by atoms with Crippen LogP contribution in [0, 0.1) is 6.92 Å². The van der Waals surface area contributed by atoms with Gasteiger partial charge in [-0.25, -0.2) is 9.78 Å². The highest BCUT2D eigenvalue weighted by molar-refractivity contribution is 5.74. The van der Waals surface area contributed by atoms with E-state index in [1.54, 1.807) is 6.92 Å². The number of aromatic nitrogens is 5. The number of fused-ring (bicyclic) bond motifs is 1. The number of alkyl halides is 3. The molecule has 11 heteroatoms. The van der Waals surface area contributed by atoms with Crippen LogP contribution in [0.15, 0.2) is 26.2 Å². The zero-order chi connectivity index (χ0) is 17.6. The van der Waals surface area contributed by atoms with Gasteiger partial charge in [0.15, 0.2) is 5.82 Å². The first-order chi connectivity index (χ1) is 11.2. The van der Waals surface area contributed by atoms with Crippen LogP contribution in [0.4, 0.5) is 13.2 Å². The molecule has 3 aromatic heterocycles. The molecule has 3 rings (SSSR count). The molecule has 0 atom stereocenters. The van der Waals surface area contributed by atoms with Gasteiger partial charge < -0.3 is 4.52 Å². The minimum Gasteiger partial charge on any atom is -0.337 e. The van der Waals surface area contributed by atoms with Crippen molar-refractivity contribution in [3.63, 3.8) is 0 Å². The maximum absolute atomic E-state index is 12.8. The molecule has 0 saturated heterocycles. The second-order valence-corrected chi connectivity index (χ2v) is 5.03. The molecular weight excluding hydrogens is 331 g/mol. The Labute approximate surface area is 131 Å². The summed E-state index contributed by atoms with van der Waals surface area (Å²) in [6.07, 6.45) is -4.68. The molecule has 0 aliphatic carbocycles. The van der Waals surface area contributed by atoms with E-state index in [4.69, 9.17) is 4.52 Å². The minimum atomic E-state index is -4.68. The minimum absolute atomic E-state index is 0.0333. The van der Waals surface area contributed by atoms with Crippen molar-refractivity contribution in [1.29, 1.82) is 0 Å². The Balaban J connectivity index is 2.23. The molecule has 0 fully saturated rings. The first-order valence-electron chi connectivity index (χ1n) is 6.65. The van der Waals surface area contributed by atoms with Gasteiger partial charge in [-0.15, -0.1) is 0 Å². The number of nitrogens with zero attached hydrogens (tertiary/aromatic N) is 5. The molecule has 0 radical (unpaired) electrons. The Morgan fingerprint density at radius 2 is 1.92 bits per heavy atom. The molecule has 8 nitrogen and oxygen atoms in total. The zero-order valence-electron chi connectivity index (χ0n) is 12.5. The topological polar surface area (TPSA) is 95.8 Å². The summed E-state index contributed by atoms with van der Waals surface area (Å²) >= 11 is 0. The Morgan fingerprint density at radius 3 is 2.50 bits per heavy atom. The van der Waals surface area contributed by atoms with Crippen molar-refractivity contribution in [3.05, 3.63) is 50.4 Å². The number of halogens is 3. The Hall–Kier alpha value is -2.98. The van der Waals surface area contributed by atoms with Crippen LogP contribution in [0.5, 0.6) is 0 Å². The standard InChI is InChI=1S/C13H10F3N5O3/c1-6-17-9(24-19-6)5-21-11(22)7-3-4-8(13(14,15)16)18-10(7)20(2)12(21)23/h3-4H,5H2,1-2H3. The fourth-order valence-electron chi connectivity index (χ4n) is 2.21. The summed E-state index contributed by atoms with van der Waals surface area (Å²) in [7, 11) is 1.23. The summed E-state index contributed by atoms with van der Waals surface area (Å²) in [5.41, 5.74) is -3.16. The maximum Gasteiger partial charge on any atom is 0.433 e. The molecule has 24 heavy (non-hydrogen) atoms. The summed E-state index contributed by atoms with van der Waals surface area (Å²) < 4.78 is 44.8. The Kier molecular flexibility index (Phi) is 3.50. The first kappa shape index (κ1) is 15.9. The molecule has 0 amide bonds. The summed E-state index contributed by atoms with van der Waals surface area (Å²) in [4.78, 5) is 32.0. The molecule has 0 N–H and O–H groups in total. The number of aryl methyl sites for hydroxylation is 2. The predicted molar refractivity (Wildman–Crippen MR) is 74.4 cm³/mol. The van der Waals surface area contributed by atoms with E-state index in [1.165, 1.54) is 7.05 Å². The number of pyridine rings is 1. The van der Waals surface area contributed by atoms with Crippen molar-refractivity contribution in [1.82, 2.24) is 24.3 Å². The second-order valence-electron chi connectivity index (χ2n) is 5.03. The molecule has 0 aliphatic heterocycles. The highest BCUT2D eigenvalue weighted by Gasteiger charge is 2.33. The second kappa shape index (κ2) is 5.28. The summed E-state index contributed by atoms with van der Waals surface area (Å²) in [5, 5.41) is 3.42.